The Balaban J connectivity index is 2.17. The van der Waals surface area contributed by atoms with Crippen LogP contribution in [0.4, 0.5) is 5.13 Å². The first-order chi connectivity index (χ1) is 7.31. The van der Waals surface area contributed by atoms with Crippen molar-refractivity contribution in [3.63, 3.8) is 0 Å². The maximum absolute atomic E-state index is 5.39. The molecule has 6 heteroatoms. The molecule has 0 spiro atoms. The fraction of sp³-hybridized carbons (Fsp3) is 0.333. The van der Waals surface area contributed by atoms with Gasteiger partial charge in [-0.3, -0.25) is 0 Å². The van der Waals surface area contributed by atoms with E-state index in [0.29, 0.717) is 6.54 Å². The molecule has 0 aromatic carbocycles. The highest BCUT2D eigenvalue weighted by atomic mass is 32.1. The van der Waals surface area contributed by atoms with E-state index in [1.54, 1.807) is 0 Å². The largest absolute Gasteiger partial charge is 0.442 e. The molecule has 0 amide bonds. The van der Waals surface area contributed by atoms with E-state index < -0.39 is 0 Å². The van der Waals surface area contributed by atoms with E-state index in [1.165, 1.54) is 17.7 Å². The third-order valence-electron chi connectivity index (χ3n) is 1.90. The zero-order valence-electron chi connectivity index (χ0n) is 8.36. The van der Waals surface area contributed by atoms with Gasteiger partial charge < -0.3 is 15.5 Å². The lowest BCUT2D eigenvalue weighted by atomic mass is 10.3. The molecular formula is C9H12N4OS. The van der Waals surface area contributed by atoms with Crippen LogP contribution in [0.25, 0.3) is 11.5 Å². The van der Waals surface area contributed by atoms with Gasteiger partial charge in [-0.25, -0.2) is 9.97 Å². The number of oxazole rings is 1. The standard InChI is InChI=1S/C9H12N4OS/c1-6-8(14-5-12-6)7-4-15-9(13-7)11-3-2-10/h4-5H,2-3,10H2,1H3,(H,11,13). The number of nitrogens with two attached hydrogens (primary N) is 1. The molecule has 5 nitrogen and oxygen atoms in total. The Labute approximate surface area is 91.3 Å². The van der Waals surface area contributed by atoms with Crippen LogP contribution in [-0.4, -0.2) is 23.1 Å². The number of anilines is 1. The van der Waals surface area contributed by atoms with Gasteiger partial charge in [-0.1, -0.05) is 0 Å². The molecule has 2 rings (SSSR count). The molecule has 0 radical (unpaired) electrons. The van der Waals surface area contributed by atoms with Crippen molar-refractivity contribution < 1.29 is 4.42 Å². The van der Waals surface area contributed by atoms with Crippen molar-refractivity contribution in [2.45, 2.75) is 6.92 Å². The van der Waals surface area contributed by atoms with E-state index in [9.17, 15) is 0 Å². The Hall–Kier alpha value is -1.40. The van der Waals surface area contributed by atoms with Gasteiger partial charge in [0.2, 0.25) is 0 Å². The van der Waals surface area contributed by atoms with Crippen molar-refractivity contribution in [2.75, 3.05) is 18.4 Å². The highest BCUT2D eigenvalue weighted by Gasteiger charge is 2.10. The monoisotopic (exact) mass is 224 g/mol. The zero-order valence-corrected chi connectivity index (χ0v) is 9.17. The van der Waals surface area contributed by atoms with Crippen LogP contribution in [0.2, 0.25) is 0 Å². The van der Waals surface area contributed by atoms with Crippen LogP contribution in [0.15, 0.2) is 16.2 Å². The van der Waals surface area contributed by atoms with Gasteiger partial charge in [-0.05, 0) is 6.92 Å². The fourth-order valence-corrected chi connectivity index (χ4v) is 1.91. The topological polar surface area (TPSA) is 77.0 Å². The number of aromatic nitrogens is 2. The highest BCUT2D eigenvalue weighted by molar-refractivity contribution is 7.14. The summed E-state index contributed by atoms with van der Waals surface area (Å²) >= 11 is 1.53. The predicted molar refractivity (Wildman–Crippen MR) is 59.9 cm³/mol. The average molecular weight is 224 g/mol. The molecule has 80 valence electrons. The number of rotatable bonds is 4. The van der Waals surface area contributed by atoms with E-state index in [0.717, 1.165) is 28.8 Å². The average Bonchev–Trinajstić information content (AvgIpc) is 2.83. The van der Waals surface area contributed by atoms with Crippen molar-refractivity contribution in [1.82, 2.24) is 9.97 Å². The SMILES string of the molecule is Cc1ncoc1-c1csc(NCCN)n1. The van der Waals surface area contributed by atoms with Gasteiger partial charge in [0.15, 0.2) is 17.3 Å². The molecular weight excluding hydrogens is 212 g/mol. The second kappa shape index (κ2) is 4.41. The van der Waals surface area contributed by atoms with E-state index >= 15 is 0 Å². The van der Waals surface area contributed by atoms with Crippen LogP contribution in [0.3, 0.4) is 0 Å². The summed E-state index contributed by atoms with van der Waals surface area (Å²) in [6, 6.07) is 0. The van der Waals surface area contributed by atoms with Crippen molar-refractivity contribution in [3.8, 4) is 11.5 Å². The van der Waals surface area contributed by atoms with E-state index in [4.69, 9.17) is 10.2 Å². The minimum Gasteiger partial charge on any atom is -0.442 e. The quantitative estimate of drug-likeness (QED) is 0.822. The molecule has 0 saturated heterocycles. The lowest BCUT2D eigenvalue weighted by Crippen LogP contribution is -2.12. The van der Waals surface area contributed by atoms with Crippen molar-refractivity contribution in [2.24, 2.45) is 5.73 Å². The number of hydrogen-bond acceptors (Lipinski definition) is 6. The molecule has 3 N–H and O–H groups in total. The number of nitrogens with zero attached hydrogens (tertiary/aromatic N) is 2. The normalized spacial score (nSPS) is 10.5. The van der Waals surface area contributed by atoms with Crippen LogP contribution in [0, 0.1) is 6.92 Å². The van der Waals surface area contributed by atoms with Crippen LogP contribution < -0.4 is 11.1 Å². The number of nitrogens with one attached hydrogen (secondary N) is 1. The van der Waals surface area contributed by atoms with Crippen molar-refractivity contribution >= 4 is 16.5 Å². The van der Waals surface area contributed by atoms with Gasteiger partial charge in [0.1, 0.15) is 5.69 Å². The summed E-state index contributed by atoms with van der Waals surface area (Å²) in [4.78, 5) is 8.39. The minimum atomic E-state index is 0.594. The second-order valence-corrected chi connectivity index (χ2v) is 3.88. The fourth-order valence-electron chi connectivity index (χ4n) is 1.19. The van der Waals surface area contributed by atoms with Gasteiger partial charge >= 0.3 is 0 Å². The summed E-state index contributed by atoms with van der Waals surface area (Å²) in [5.41, 5.74) is 7.05. The van der Waals surface area contributed by atoms with Crippen molar-refractivity contribution in [3.05, 3.63) is 17.5 Å². The molecule has 0 aliphatic rings. The predicted octanol–water partition coefficient (Wildman–Crippen LogP) is 1.48. The molecule has 0 saturated carbocycles. The lowest BCUT2D eigenvalue weighted by molar-refractivity contribution is 0.569. The third-order valence-corrected chi connectivity index (χ3v) is 2.70. The summed E-state index contributed by atoms with van der Waals surface area (Å²) in [6.07, 6.45) is 1.43. The number of thiazole rings is 1. The molecule has 2 aromatic heterocycles. The lowest BCUT2D eigenvalue weighted by Gasteiger charge is -1.97. The zero-order chi connectivity index (χ0) is 10.7. The van der Waals surface area contributed by atoms with E-state index in [-0.39, 0.29) is 0 Å². The van der Waals surface area contributed by atoms with Crippen LogP contribution in [0.1, 0.15) is 5.69 Å². The summed E-state index contributed by atoms with van der Waals surface area (Å²) in [5, 5.41) is 5.91. The first-order valence-electron chi connectivity index (χ1n) is 4.61. The molecule has 0 unspecified atom stereocenters. The summed E-state index contributed by atoms with van der Waals surface area (Å²) in [5.74, 6) is 0.729. The second-order valence-electron chi connectivity index (χ2n) is 3.02. The molecule has 0 bridgehead atoms. The van der Waals surface area contributed by atoms with Crippen LogP contribution in [-0.2, 0) is 0 Å². The van der Waals surface area contributed by atoms with Crippen LogP contribution >= 0.6 is 11.3 Å². The minimum absolute atomic E-state index is 0.594. The molecule has 0 atom stereocenters. The first kappa shape index (κ1) is 10.1. The van der Waals surface area contributed by atoms with Crippen molar-refractivity contribution in [1.29, 1.82) is 0 Å². The molecule has 0 aliphatic carbocycles. The Kier molecular flexibility index (Phi) is 2.98. The Morgan fingerprint density at radius 3 is 3.13 bits per heavy atom. The summed E-state index contributed by atoms with van der Waals surface area (Å²) in [7, 11) is 0. The number of hydrogen-bond donors (Lipinski definition) is 2. The van der Waals surface area contributed by atoms with Gasteiger partial charge in [-0.2, -0.15) is 0 Å². The number of aryl methyl sites for hydroxylation is 1. The summed E-state index contributed by atoms with van der Waals surface area (Å²) < 4.78 is 5.25. The van der Waals surface area contributed by atoms with E-state index in [1.807, 2.05) is 12.3 Å². The molecule has 0 aliphatic heterocycles. The smallest absolute Gasteiger partial charge is 0.183 e. The first-order valence-corrected chi connectivity index (χ1v) is 5.49. The summed E-state index contributed by atoms with van der Waals surface area (Å²) in [6.45, 7) is 3.21. The molecule has 0 fully saturated rings. The molecule has 2 aromatic rings. The molecule has 2 heterocycles. The Morgan fingerprint density at radius 2 is 2.47 bits per heavy atom. The van der Waals surface area contributed by atoms with Gasteiger partial charge in [0.25, 0.3) is 0 Å². The highest BCUT2D eigenvalue weighted by Crippen LogP contribution is 2.26. The molecule has 15 heavy (non-hydrogen) atoms. The maximum Gasteiger partial charge on any atom is 0.183 e. The third kappa shape index (κ3) is 2.16. The maximum atomic E-state index is 5.39. The van der Waals surface area contributed by atoms with Gasteiger partial charge in [0, 0.05) is 18.5 Å². The van der Waals surface area contributed by atoms with Crippen LogP contribution in [0.5, 0.6) is 0 Å². The Bertz CT molecular complexity index is 437. The van der Waals surface area contributed by atoms with Gasteiger partial charge in [0.05, 0.1) is 5.69 Å². The Morgan fingerprint density at radius 1 is 1.60 bits per heavy atom. The van der Waals surface area contributed by atoms with Gasteiger partial charge in [-0.15, -0.1) is 11.3 Å². The van der Waals surface area contributed by atoms with E-state index in [2.05, 4.69) is 15.3 Å².